The minimum absolute atomic E-state index is 0.155. The van der Waals surface area contributed by atoms with E-state index in [9.17, 15) is 4.79 Å². The van der Waals surface area contributed by atoms with Crippen LogP contribution in [-0.4, -0.2) is 34.0 Å². The van der Waals surface area contributed by atoms with E-state index >= 15 is 0 Å². The van der Waals surface area contributed by atoms with Gasteiger partial charge in [-0.2, -0.15) is 0 Å². The number of nitrogens with zero attached hydrogens (tertiary/aromatic N) is 3. The van der Waals surface area contributed by atoms with Crippen molar-refractivity contribution in [3.8, 4) is 11.3 Å². The molecule has 6 heteroatoms. The number of carbonyl (C=O) groups is 1. The quantitative estimate of drug-likeness (QED) is 0.900. The molecule has 6 nitrogen and oxygen atoms in total. The van der Waals surface area contributed by atoms with Gasteiger partial charge in [0.15, 0.2) is 0 Å². The highest BCUT2D eigenvalue weighted by Gasteiger charge is 2.19. The lowest BCUT2D eigenvalue weighted by atomic mass is 9.99. The van der Waals surface area contributed by atoms with Crippen LogP contribution in [0.3, 0.4) is 0 Å². The van der Waals surface area contributed by atoms with Crippen molar-refractivity contribution in [2.75, 3.05) is 13.1 Å². The fourth-order valence-corrected chi connectivity index (χ4v) is 3.58. The van der Waals surface area contributed by atoms with Crippen molar-refractivity contribution in [2.45, 2.75) is 38.3 Å². The summed E-state index contributed by atoms with van der Waals surface area (Å²) in [4.78, 5) is 11.2. The first-order chi connectivity index (χ1) is 11.8. The molecule has 0 spiro atoms. The highest BCUT2D eigenvalue weighted by atomic mass is 16.1. The van der Waals surface area contributed by atoms with Crippen molar-refractivity contribution >= 4 is 5.91 Å². The van der Waals surface area contributed by atoms with E-state index in [1.807, 2.05) is 10.9 Å². The van der Waals surface area contributed by atoms with Crippen molar-refractivity contribution < 1.29 is 4.79 Å². The number of nitrogens with one attached hydrogen (secondary N) is 2. The van der Waals surface area contributed by atoms with E-state index in [0.717, 1.165) is 37.3 Å². The van der Waals surface area contributed by atoms with E-state index in [-0.39, 0.29) is 5.91 Å². The van der Waals surface area contributed by atoms with E-state index in [1.165, 1.54) is 18.4 Å². The maximum absolute atomic E-state index is 11.2. The summed E-state index contributed by atoms with van der Waals surface area (Å²) in [5.41, 5.74) is 3.35. The highest BCUT2D eigenvalue weighted by Crippen LogP contribution is 2.25. The van der Waals surface area contributed by atoms with Gasteiger partial charge >= 0.3 is 0 Å². The molecule has 3 heterocycles. The average Bonchev–Trinajstić information content (AvgIpc) is 3.29. The summed E-state index contributed by atoms with van der Waals surface area (Å²) in [6.45, 7) is 2.65. The molecule has 2 N–H and O–H groups in total. The van der Waals surface area contributed by atoms with Crippen LogP contribution in [0.1, 0.15) is 37.3 Å². The van der Waals surface area contributed by atoms with Gasteiger partial charge < -0.3 is 10.6 Å². The van der Waals surface area contributed by atoms with Crippen molar-refractivity contribution in [1.82, 2.24) is 25.6 Å². The molecule has 2 saturated heterocycles. The maximum atomic E-state index is 11.2. The molecule has 0 aliphatic carbocycles. The van der Waals surface area contributed by atoms with Gasteiger partial charge in [-0.1, -0.05) is 29.5 Å². The van der Waals surface area contributed by atoms with Crippen LogP contribution in [0.2, 0.25) is 0 Å². The van der Waals surface area contributed by atoms with Gasteiger partial charge in [-0.05, 0) is 37.3 Å². The fraction of sp³-hybridized carbons (Fsp3) is 0.500. The third-order valence-electron chi connectivity index (χ3n) is 5.02. The number of hydrogen-bond acceptors (Lipinski definition) is 4. The van der Waals surface area contributed by atoms with Gasteiger partial charge in [-0.15, -0.1) is 5.10 Å². The summed E-state index contributed by atoms with van der Waals surface area (Å²) in [7, 11) is 0. The summed E-state index contributed by atoms with van der Waals surface area (Å²) in [6, 6.07) is 9.13. The van der Waals surface area contributed by atoms with Crippen LogP contribution in [0.5, 0.6) is 0 Å². The molecule has 126 valence electrons. The monoisotopic (exact) mass is 325 g/mol. The Labute approximate surface area is 141 Å². The molecule has 2 aliphatic rings. The zero-order valence-corrected chi connectivity index (χ0v) is 13.7. The Morgan fingerprint density at radius 1 is 1.21 bits per heavy atom. The fourth-order valence-electron chi connectivity index (χ4n) is 3.58. The summed E-state index contributed by atoms with van der Waals surface area (Å²) >= 11 is 0. The van der Waals surface area contributed by atoms with Crippen LogP contribution < -0.4 is 10.6 Å². The molecule has 1 aromatic carbocycles. The third kappa shape index (κ3) is 3.33. The van der Waals surface area contributed by atoms with Crippen LogP contribution >= 0.6 is 0 Å². The van der Waals surface area contributed by atoms with Gasteiger partial charge in [-0.3, -0.25) is 9.48 Å². The standard InChI is InChI=1S/C18H23N5O/c24-18-8-3-13(10-20-18)11-23-12-17(21-22-23)15-6-4-14(5-7-15)16-2-1-9-19-16/h4-7,12-13,16,19H,1-3,8-11H2,(H,20,24). The van der Waals surface area contributed by atoms with Gasteiger partial charge in [-0.25, -0.2) is 0 Å². The molecule has 2 aliphatic heterocycles. The van der Waals surface area contributed by atoms with Crippen LogP contribution in [0.4, 0.5) is 0 Å². The minimum Gasteiger partial charge on any atom is -0.356 e. The van der Waals surface area contributed by atoms with Crippen molar-refractivity contribution in [2.24, 2.45) is 5.92 Å². The second-order valence-corrected chi connectivity index (χ2v) is 6.81. The summed E-state index contributed by atoms with van der Waals surface area (Å²) in [6.07, 6.45) is 6.00. The first-order valence-electron chi connectivity index (χ1n) is 8.78. The molecule has 4 rings (SSSR count). The molecule has 24 heavy (non-hydrogen) atoms. The Hall–Kier alpha value is -2.21. The minimum atomic E-state index is 0.155. The Morgan fingerprint density at radius 3 is 2.79 bits per heavy atom. The summed E-state index contributed by atoms with van der Waals surface area (Å²) < 4.78 is 1.89. The second-order valence-electron chi connectivity index (χ2n) is 6.81. The Kier molecular flexibility index (Phi) is 4.30. The SMILES string of the molecule is O=C1CCC(Cn2cc(-c3ccc(C4CCCN4)cc3)nn2)CN1. The van der Waals surface area contributed by atoms with Crippen molar-refractivity contribution in [3.05, 3.63) is 36.0 Å². The number of benzene rings is 1. The van der Waals surface area contributed by atoms with E-state index in [0.29, 0.717) is 18.4 Å². The zero-order valence-electron chi connectivity index (χ0n) is 13.7. The highest BCUT2D eigenvalue weighted by molar-refractivity contribution is 5.76. The van der Waals surface area contributed by atoms with E-state index in [1.54, 1.807) is 0 Å². The molecule has 1 amide bonds. The molecule has 2 aromatic rings. The zero-order chi connectivity index (χ0) is 16.4. The predicted molar refractivity (Wildman–Crippen MR) is 91.2 cm³/mol. The molecule has 0 saturated carbocycles. The summed E-state index contributed by atoms with van der Waals surface area (Å²) in [5.74, 6) is 0.593. The molecule has 2 atom stereocenters. The van der Waals surface area contributed by atoms with Crippen LogP contribution in [0.15, 0.2) is 30.5 Å². The molecule has 0 bridgehead atoms. The number of carbonyl (C=O) groups excluding carboxylic acids is 1. The summed E-state index contributed by atoms with van der Waals surface area (Å²) in [5, 5.41) is 15.0. The molecule has 1 aromatic heterocycles. The van der Waals surface area contributed by atoms with Gasteiger partial charge in [0.2, 0.25) is 5.91 Å². The average molecular weight is 325 g/mol. The van der Waals surface area contributed by atoms with Crippen molar-refractivity contribution in [3.63, 3.8) is 0 Å². The lowest BCUT2D eigenvalue weighted by Crippen LogP contribution is -2.36. The number of aromatic nitrogens is 3. The second kappa shape index (κ2) is 6.73. The van der Waals surface area contributed by atoms with Crippen LogP contribution in [-0.2, 0) is 11.3 Å². The number of hydrogen-bond donors (Lipinski definition) is 2. The number of rotatable bonds is 4. The van der Waals surface area contributed by atoms with Gasteiger partial charge in [0.05, 0.1) is 6.20 Å². The molecule has 2 unspecified atom stereocenters. The lowest BCUT2D eigenvalue weighted by Gasteiger charge is -2.21. The Bertz CT molecular complexity index is 692. The molecule has 2 fully saturated rings. The lowest BCUT2D eigenvalue weighted by molar-refractivity contribution is -0.123. The Balaban J connectivity index is 1.41. The van der Waals surface area contributed by atoms with Crippen LogP contribution in [0.25, 0.3) is 11.3 Å². The molecular weight excluding hydrogens is 302 g/mol. The van der Waals surface area contributed by atoms with E-state index in [4.69, 9.17) is 0 Å². The Morgan fingerprint density at radius 2 is 2.08 bits per heavy atom. The maximum Gasteiger partial charge on any atom is 0.220 e. The van der Waals surface area contributed by atoms with Gasteiger partial charge in [0, 0.05) is 31.1 Å². The molecular formula is C18H23N5O. The first kappa shape index (κ1) is 15.3. The molecule has 0 radical (unpaired) electrons. The largest absolute Gasteiger partial charge is 0.356 e. The van der Waals surface area contributed by atoms with Gasteiger partial charge in [0.1, 0.15) is 5.69 Å². The van der Waals surface area contributed by atoms with E-state index < -0.39 is 0 Å². The first-order valence-corrected chi connectivity index (χ1v) is 8.78. The van der Waals surface area contributed by atoms with Crippen molar-refractivity contribution in [1.29, 1.82) is 0 Å². The number of amides is 1. The van der Waals surface area contributed by atoms with Crippen LogP contribution in [0, 0.1) is 5.92 Å². The van der Waals surface area contributed by atoms with Gasteiger partial charge in [0.25, 0.3) is 0 Å². The third-order valence-corrected chi connectivity index (χ3v) is 5.02. The van der Waals surface area contributed by atoms with E-state index in [2.05, 4.69) is 45.2 Å². The smallest absolute Gasteiger partial charge is 0.220 e. The number of piperidine rings is 1. The topological polar surface area (TPSA) is 71.8 Å². The normalized spacial score (nSPS) is 24.1. The predicted octanol–water partition coefficient (Wildman–Crippen LogP) is 1.90.